The Labute approximate surface area is 167 Å². The number of alkyl halides is 3. The summed E-state index contributed by atoms with van der Waals surface area (Å²) in [5, 5.41) is 21.8. The molecule has 0 amide bonds. The molecule has 0 spiro atoms. The number of nitrogens with two attached hydrogens (primary N) is 1. The third-order valence-corrected chi connectivity index (χ3v) is 5.58. The number of hydrogen-bond acceptors (Lipinski definition) is 7. The Hall–Kier alpha value is -2.73. The minimum atomic E-state index is -4.46. The average molecular weight is 422 g/mol. The molecular weight excluding hydrogens is 405 g/mol. The summed E-state index contributed by atoms with van der Waals surface area (Å²) in [6.45, 7) is -0.0481. The van der Waals surface area contributed by atoms with Gasteiger partial charge in [0.25, 0.3) is 0 Å². The van der Waals surface area contributed by atoms with Crippen molar-refractivity contribution < 1.29 is 32.9 Å². The SMILES string of the molecule is Nc1ncnc2c1ccn2[C@@H]1O[C@H]([C@@H]2OCc3cc(C(F)(F)F)ccc32)[C@@H](O)[C@H]1O. The van der Waals surface area contributed by atoms with Crippen LogP contribution in [-0.2, 0) is 22.3 Å². The Balaban J connectivity index is 1.46. The normalized spacial score (nSPS) is 28.9. The first kappa shape index (κ1) is 19.2. The zero-order valence-electron chi connectivity index (χ0n) is 15.3. The maximum absolute atomic E-state index is 13.0. The smallest absolute Gasteiger partial charge is 0.387 e. The van der Waals surface area contributed by atoms with Crippen LogP contribution < -0.4 is 5.73 Å². The zero-order chi connectivity index (χ0) is 21.2. The van der Waals surface area contributed by atoms with Gasteiger partial charge in [-0.25, -0.2) is 9.97 Å². The molecule has 2 aromatic heterocycles. The van der Waals surface area contributed by atoms with Crippen molar-refractivity contribution >= 4 is 16.9 Å². The Kier molecular flexibility index (Phi) is 4.26. The summed E-state index contributed by atoms with van der Waals surface area (Å²) in [4.78, 5) is 8.07. The summed E-state index contributed by atoms with van der Waals surface area (Å²) in [5.74, 6) is 0.261. The minimum absolute atomic E-state index is 0.0481. The molecule has 158 valence electrons. The van der Waals surface area contributed by atoms with Gasteiger partial charge in [0.15, 0.2) is 6.23 Å². The second kappa shape index (κ2) is 6.64. The first-order chi connectivity index (χ1) is 14.3. The number of nitrogen functional groups attached to an aromatic ring is 1. The molecule has 0 unspecified atom stereocenters. The fraction of sp³-hybridized carbons (Fsp3) is 0.368. The lowest BCUT2D eigenvalue weighted by Crippen LogP contribution is -2.34. The monoisotopic (exact) mass is 422 g/mol. The predicted octanol–water partition coefficient (Wildman–Crippen LogP) is 1.92. The van der Waals surface area contributed by atoms with Crippen LogP contribution in [0.3, 0.4) is 0 Å². The number of rotatable bonds is 2. The van der Waals surface area contributed by atoms with Crippen LogP contribution in [0.5, 0.6) is 0 Å². The van der Waals surface area contributed by atoms with Crippen molar-refractivity contribution in [1.29, 1.82) is 0 Å². The number of hydrogen-bond donors (Lipinski definition) is 3. The first-order valence-electron chi connectivity index (χ1n) is 9.16. The van der Waals surface area contributed by atoms with Crippen molar-refractivity contribution in [2.75, 3.05) is 5.73 Å². The van der Waals surface area contributed by atoms with E-state index < -0.39 is 42.4 Å². The highest BCUT2D eigenvalue weighted by molar-refractivity contribution is 5.86. The lowest BCUT2D eigenvalue weighted by Gasteiger charge is -2.22. The maximum atomic E-state index is 13.0. The van der Waals surface area contributed by atoms with Gasteiger partial charge >= 0.3 is 6.18 Å². The first-order valence-corrected chi connectivity index (χ1v) is 9.16. The molecule has 3 aromatic rings. The standard InChI is InChI=1S/C19H17F3N4O4/c20-19(21,22)9-1-2-10-8(5-9)6-29-14(10)15-12(27)13(28)18(30-15)26-4-3-11-16(23)24-7-25-17(11)26/h1-5,7,12-15,18,27-28H,6H2,(H2,23,24,25)/t12-,13+,14+,15-,18+/m0/s1. The van der Waals surface area contributed by atoms with E-state index in [1.165, 1.54) is 17.0 Å². The van der Waals surface area contributed by atoms with E-state index in [0.717, 1.165) is 12.1 Å². The van der Waals surface area contributed by atoms with Gasteiger partial charge in [-0.3, -0.25) is 0 Å². The fourth-order valence-corrected chi connectivity index (χ4v) is 4.09. The van der Waals surface area contributed by atoms with Crippen LogP contribution in [0.25, 0.3) is 11.0 Å². The van der Waals surface area contributed by atoms with Crippen molar-refractivity contribution in [3.05, 3.63) is 53.5 Å². The molecule has 0 saturated carbocycles. The van der Waals surface area contributed by atoms with Crippen molar-refractivity contribution in [3.8, 4) is 0 Å². The van der Waals surface area contributed by atoms with E-state index in [-0.39, 0.29) is 12.4 Å². The molecule has 1 aromatic carbocycles. The van der Waals surface area contributed by atoms with E-state index in [0.29, 0.717) is 22.2 Å². The summed E-state index contributed by atoms with van der Waals surface area (Å²) in [6, 6.07) is 4.99. The number of halogens is 3. The molecule has 0 radical (unpaired) electrons. The van der Waals surface area contributed by atoms with Gasteiger partial charge < -0.3 is 30.0 Å². The summed E-state index contributed by atoms with van der Waals surface area (Å²) >= 11 is 0. The third kappa shape index (κ3) is 2.85. The summed E-state index contributed by atoms with van der Waals surface area (Å²) in [7, 11) is 0. The number of aliphatic hydroxyl groups is 2. The van der Waals surface area contributed by atoms with E-state index in [4.69, 9.17) is 15.2 Å². The molecule has 8 nitrogen and oxygen atoms in total. The van der Waals surface area contributed by atoms with Crippen LogP contribution >= 0.6 is 0 Å². The number of ether oxygens (including phenoxy) is 2. The molecule has 1 saturated heterocycles. The molecule has 4 heterocycles. The third-order valence-electron chi connectivity index (χ3n) is 5.58. The molecule has 0 aliphatic carbocycles. The van der Waals surface area contributed by atoms with Gasteiger partial charge in [-0.05, 0) is 29.3 Å². The van der Waals surface area contributed by atoms with Crippen molar-refractivity contribution in [2.24, 2.45) is 0 Å². The van der Waals surface area contributed by atoms with Gasteiger partial charge in [0, 0.05) is 6.20 Å². The molecule has 5 rings (SSSR count). The van der Waals surface area contributed by atoms with Crippen LogP contribution in [0, 0.1) is 0 Å². The van der Waals surface area contributed by atoms with Gasteiger partial charge in [-0.2, -0.15) is 13.2 Å². The van der Waals surface area contributed by atoms with E-state index in [1.54, 1.807) is 12.3 Å². The van der Waals surface area contributed by atoms with Crippen molar-refractivity contribution in [3.63, 3.8) is 0 Å². The summed E-state index contributed by atoms with van der Waals surface area (Å²) in [5.41, 5.74) is 6.34. The van der Waals surface area contributed by atoms with Crippen LogP contribution in [0.15, 0.2) is 36.8 Å². The number of nitrogens with zero attached hydrogens (tertiary/aromatic N) is 3. The molecule has 1 fully saturated rings. The van der Waals surface area contributed by atoms with E-state index in [9.17, 15) is 23.4 Å². The molecule has 2 aliphatic rings. The summed E-state index contributed by atoms with van der Waals surface area (Å²) in [6.07, 6.45) is -7.02. The molecule has 11 heteroatoms. The highest BCUT2D eigenvalue weighted by atomic mass is 19.4. The van der Waals surface area contributed by atoms with Crippen LogP contribution in [0.4, 0.5) is 19.0 Å². The number of benzene rings is 1. The second-order valence-corrected chi connectivity index (χ2v) is 7.33. The lowest BCUT2D eigenvalue weighted by atomic mass is 9.96. The summed E-state index contributed by atoms with van der Waals surface area (Å²) < 4.78 is 52.0. The Morgan fingerprint density at radius 2 is 1.93 bits per heavy atom. The van der Waals surface area contributed by atoms with Gasteiger partial charge in [0.2, 0.25) is 0 Å². The van der Waals surface area contributed by atoms with Crippen molar-refractivity contribution in [2.45, 2.75) is 43.4 Å². The van der Waals surface area contributed by atoms with Crippen molar-refractivity contribution in [1.82, 2.24) is 14.5 Å². The molecular formula is C19H17F3N4O4. The molecule has 4 N–H and O–H groups in total. The van der Waals surface area contributed by atoms with Gasteiger partial charge in [-0.15, -0.1) is 0 Å². The molecule has 0 bridgehead atoms. The largest absolute Gasteiger partial charge is 0.416 e. The van der Waals surface area contributed by atoms with Crippen LogP contribution in [0.1, 0.15) is 29.0 Å². The Morgan fingerprint density at radius 3 is 2.70 bits per heavy atom. The second-order valence-electron chi connectivity index (χ2n) is 7.33. The Morgan fingerprint density at radius 1 is 1.13 bits per heavy atom. The highest BCUT2D eigenvalue weighted by Gasteiger charge is 2.50. The Bertz CT molecular complexity index is 1120. The average Bonchev–Trinajstić information content (AvgIpc) is 3.38. The number of aromatic nitrogens is 3. The van der Waals surface area contributed by atoms with E-state index in [1.807, 2.05) is 0 Å². The highest BCUT2D eigenvalue weighted by Crippen LogP contribution is 2.44. The van der Waals surface area contributed by atoms with Gasteiger partial charge in [0.1, 0.15) is 42.2 Å². The van der Waals surface area contributed by atoms with E-state index in [2.05, 4.69) is 9.97 Å². The topological polar surface area (TPSA) is 116 Å². The number of aliphatic hydroxyl groups excluding tert-OH is 2. The number of anilines is 1. The predicted molar refractivity (Wildman–Crippen MR) is 96.8 cm³/mol. The molecule has 2 aliphatic heterocycles. The fourth-order valence-electron chi connectivity index (χ4n) is 4.09. The zero-order valence-corrected chi connectivity index (χ0v) is 15.3. The van der Waals surface area contributed by atoms with Gasteiger partial charge in [-0.1, -0.05) is 6.07 Å². The van der Waals surface area contributed by atoms with E-state index >= 15 is 0 Å². The quantitative estimate of drug-likeness (QED) is 0.578. The minimum Gasteiger partial charge on any atom is -0.387 e. The molecule has 30 heavy (non-hydrogen) atoms. The van der Waals surface area contributed by atoms with Crippen LogP contribution in [0.2, 0.25) is 0 Å². The van der Waals surface area contributed by atoms with Crippen LogP contribution in [-0.4, -0.2) is 43.1 Å². The maximum Gasteiger partial charge on any atom is 0.416 e. The van der Waals surface area contributed by atoms with Gasteiger partial charge in [0.05, 0.1) is 17.6 Å². The number of fused-ring (bicyclic) bond motifs is 2. The molecule has 5 atom stereocenters. The lowest BCUT2D eigenvalue weighted by molar-refractivity contribution is -0.137.